The van der Waals surface area contributed by atoms with E-state index in [1.165, 1.54) is 11.3 Å². The third kappa shape index (κ3) is 2.16. The van der Waals surface area contributed by atoms with Crippen molar-refractivity contribution < 1.29 is 9.53 Å². The molecule has 3 heteroatoms. The fourth-order valence-corrected chi connectivity index (χ4v) is 1.77. The Morgan fingerprint density at radius 1 is 1.75 bits per heavy atom. The summed E-state index contributed by atoms with van der Waals surface area (Å²) in [5.41, 5.74) is 0. The van der Waals surface area contributed by atoms with Crippen molar-refractivity contribution in [3.63, 3.8) is 0 Å². The summed E-state index contributed by atoms with van der Waals surface area (Å²) >= 11 is 1.48. The van der Waals surface area contributed by atoms with Gasteiger partial charge in [0.15, 0.2) is 5.78 Å². The lowest BCUT2D eigenvalue weighted by molar-refractivity contribution is 0.0834. The second-order valence-electron chi connectivity index (χ2n) is 2.70. The van der Waals surface area contributed by atoms with Crippen molar-refractivity contribution in [2.75, 3.05) is 13.7 Å². The Morgan fingerprint density at radius 3 is 3.00 bits per heavy atom. The Labute approximate surface area is 76.2 Å². The van der Waals surface area contributed by atoms with Crippen molar-refractivity contribution in [2.24, 2.45) is 5.92 Å². The van der Waals surface area contributed by atoms with Crippen LogP contribution < -0.4 is 0 Å². The van der Waals surface area contributed by atoms with Gasteiger partial charge in [0.05, 0.1) is 11.5 Å². The molecule has 0 spiro atoms. The summed E-state index contributed by atoms with van der Waals surface area (Å²) in [6.45, 7) is 2.38. The SMILES string of the molecule is COCC(C)C(=O)c1cccs1. The van der Waals surface area contributed by atoms with Crippen molar-refractivity contribution in [3.8, 4) is 0 Å². The summed E-state index contributed by atoms with van der Waals surface area (Å²) in [5.74, 6) is 0.139. The largest absolute Gasteiger partial charge is 0.384 e. The Kier molecular flexibility index (Phi) is 3.44. The molecule has 0 bridgehead atoms. The van der Waals surface area contributed by atoms with Gasteiger partial charge in [-0.1, -0.05) is 13.0 Å². The molecule has 0 N–H and O–H groups in total. The standard InChI is InChI=1S/C9H12O2S/c1-7(6-11-2)9(10)8-4-3-5-12-8/h3-5,7H,6H2,1-2H3. The molecule has 0 saturated heterocycles. The summed E-state index contributed by atoms with van der Waals surface area (Å²) in [5, 5.41) is 1.91. The lowest BCUT2D eigenvalue weighted by Crippen LogP contribution is -2.15. The zero-order valence-corrected chi connectivity index (χ0v) is 8.06. The predicted molar refractivity (Wildman–Crippen MR) is 49.7 cm³/mol. The van der Waals surface area contributed by atoms with Crippen LogP contribution in [0.3, 0.4) is 0 Å². The molecule has 0 radical (unpaired) electrons. The maximum atomic E-state index is 11.5. The molecule has 66 valence electrons. The van der Waals surface area contributed by atoms with Crippen molar-refractivity contribution in [1.29, 1.82) is 0 Å². The van der Waals surface area contributed by atoms with Gasteiger partial charge in [-0.3, -0.25) is 4.79 Å². The lowest BCUT2D eigenvalue weighted by atomic mass is 10.1. The minimum atomic E-state index is -0.0337. The number of hydrogen-bond acceptors (Lipinski definition) is 3. The maximum absolute atomic E-state index is 11.5. The zero-order chi connectivity index (χ0) is 8.97. The van der Waals surface area contributed by atoms with Crippen LogP contribution in [0, 0.1) is 5.92 Å². The Morgan fingerprint density at radius 2 is 2.50 bits per heavy atom. The molecule has 1 aromatic heterocycles. The monoisotopic (exact) mass is 184 g/mol. The van der Waals surface area contributed by atoms with Crippen LogP contribution in [0.1, 0.15) is 16.6 Å². The Bertz CT molecular complexity index is 241. The number of carbonyl (C=O) groups is 1. The highest BCUT2D eigenvalue weighted by Gasteiger charge is 2.14. The third-order valence-corrected chi connectivity index (χ3v) is 2.51. The number of carbonyl (C=O) groups excluding carboxylic acids is 1. The Hall–Kier alpha value is -0.670. The smallest absolute Gasteiger partial charge is 0.177 e. The van der Waals surface area contributed by atoms with Crippen molar-refractivity contribution in [2.45, 2.75) is 6.92 Å². The molecular formula is C9H12O2S. The first-order chi connectivity index (χ1) is 5.75. The summed E-state index contributed by atoms with van der Waals surface area (Å²) in [4.78, 5) is 12.3. The predicted octanol–water partition coefficient (Wildman–Crippen LogP) is 2.21. The van der Waals surface area contributed by atoms with Crippen molar-refractivity contribution in [1.82, 2.24) is 0 Å². The quantitative estimate of drug-likeness (QED) is 0.671. The molecule has 0 aliphatic rings. The van der Waals surface area contributed by atoms with Gasteiger partial charge in [-0.2, -0.15) is 0 Å². The molecular weight excluding hydrogens is 172 g/mol. The van der Waals surface area contributed by atoms with Gasteiger partial charge in [0.1, 0.15) is 0 Å². The van der Waals surface area contributed by atoms with E-state index < -0.39 is 0 Å². The Balaban J connectivity index is 2.59. The number of methoxy groups -OCH3 is 1. The van der Waals surface area contributed by atoms with Crippen molar-refractivity contribution >= 4 is 17.1 Å². The van der Waals surface area contributed by atoms with Gasteiger partial charge < -0.3 is 4.74 Å². The number of ketones is 1. The molecule has 0 fully saturated rings. The number of hydrogen-bond donors (Lipinski definition) is 0. The third-order valence-electron chi connectivity index (χ3n) is 1.63. The first kappa shape index (κ1) is 9.42. The summed E-state index contributed by atoms with van der Waals surface area (Å²) in [7, 11) is 1.61. The van der Waals surface area contributed by atoms with Crippen molar-refractivity contribution in [3.05, 3.63) is 22.4 Å². The minimum Gasteiger partial charge on any atom is -0.384 e. The average Bonchev–Trinajstić information content (AvgIpc) is 2.55. The number of thiophene rings is 1. The second-order valence-corrected chi connectivity index (χ2v) is 3.65. The van der Waals surface area contributed by atoms with E-state index >= 15 is 0 Å². The first-order valence-electron chi connectivity index (χ1n) is 3.82. The zero-order valence-electron chi connectivity index (χ0n) is 7.24. The van der Waals surface area contributed by atoms with Gasteiger partial charge in [-0.25, -0.2) is 0 Å². The molecule has 1 heterocycles. The van der Waals surface area contributed by atoms with Crippen LogP contribution in [-0.4, -0.2) is 19.5 Å². The van der Waals surface area contributed by atoms with Crippen LogP contribution in [0.4, 0.5) is 0 Å². The van der Waals surface area contributed by atoms with Gasteiger partial charge in [-0.15, -0.1) is 11.3 Å². The molecule has 1 rings (SSSR count). The van der Waals surface area contributed by atoms with Crippen LogP contribution in [-0.2, 0) is 4.74 Å². The van der Waals surface area contributed by atoms with Crippen LogP contribution in [0.5, 0.6) is 0 Å². The van der Waals surface area contributed by atoms with Crippen LogP contribution in [0.15, 0.2) is 17.5 Å². The van der Waals surface area contributed by atoms with E-state index in [0.29, 0.717) is 6.61 Å². The number of ether oxygens (including phenoxy) is 1. The lowest BCUT2D eigenvalue weighted by Gasteiger charge is -2.06. The van der Waals surface area contributed by atoms with E-state index in [1.807, 2.05) is 24.4 Å². The number of Topliss-reactive ketones (excluding diaryl/α,β-unsaturated/α-hetero) is 1. The fourth-order valence-electron chi connectivity index (χ4n) is 0.987. The molecule has 1 aromatic rings. The fraction of sp³-hybridized carbons (Fsp3) is 0.444. The van der Waals surface area contributed by atoms with E-state index in [-0.39, 0.29) is 11.7 Å². The highest BCUT2D eigenvalue weighted by molar-refractivity contribution is 7.12. The van der Waals surface area contributed by atoms with Gasteiger partial charge in [-0.05, 0) is 11.4 Å². The van der Waals surface area contributed by atoms with E-state index in [0.717, 1.165) is 4.88 Å². The van der Waals surface area contributed by atoms with E-state index in [1.54, 1.807) is 7.11 Å². The summed E-state index contributed by atoms with van der Waals surface area (Å²) in [6.07, 6.45) is 0. The summed E-state index contributed by atoms with van der Waals surface area (Å²) in [6, 6.07) is 3.73. The molecule has 2 nitrogen and oxygen atoms in total. The molecule has 0 amide bonds. The minimum absolute atomic E-state index is 0.0337. The highest BCUT2D eigenvalue weighted by atomic mass is 32.1. The molecule has 0 aliphatic carbocycles. The molecule has 0 saturated carbocycles. The van der Waals surface area contributed by atoms with Gasteiger partial charge >= 0.3 is 0 Å². The van der Waals surface area contributed by atoms with Gasteiger partial charge in [0.25, 0.3) is 0 Å². The highest BCUT2D eigenvalue weighted by Crippen LogP contribution is 2.14. The molecule has 1 unspecified atom stereocenters. The maximum Gasteiger partial charge on any atom is 0.177 e. The van der Waals surface area contributed by atoms with E-state index in [9.17, 15) is 4.79 Å². The normalized spacial score (nSPS) is 12.8. The molecule has 0 aliphatic heterocycles. The van der Waals surface area contributed by atoms with Crippen LogP contribution >= 0.6 is 11.3 Å². The van der Waals surface area contributed by atoms with E-state index in [2.05, 4.69) is 0 Å². The van der Waals surface area contributed by atoms with Gasteiger partial charge in [0.2, 0.25) is 0 Å². The number of rotatable bonds is 4. The first-order valence-corrected chi connectivity index (χ1v) is 4.70. The molecule has 0 aromatic carbocycles. The molecule has 1 atom stereocenters. The molecule has 12 heavy (non-hydrogen) atoms. The van der Waals surface area contributed by atoms with Gasteiger partial charge in [0, 0.05) is 13.0 Å². The second kappa shape index (κ2) is 4.38. The van der Waals surface area contributed by atoms with Crippen LogP contribution in [0.2, 0.25) is 0 Å². The van der Waals surface area contributed by atoms with E-state index in [4.69, 9.17) is 4.74 Å². The summed E-state index contributed by atoms with van der Waals surface area (Å²) < 4.78 is 4.91. The topological polar surface area (TPSA) is 26.3 Å². The van der Waals surface area contributed by atoms with Crippen LogP contribution in [0.25, 0.3) is 0 Å². The average molecular weight is 184 g/mol.